The van der Waals surface area contributed by atoms with E-state index in [1.54, 1.807) is 19.2 Å². The third kappa shape index (κ3) is 12.3. The lowest BCUT2D eigenvalue weighted by Crippen LogP contribution is -1.98. The van der Waals surface area contributed by atoms with Crippen molar-refractivity contribution in [3.63, 3.8) is 0 Å². The Morgan fingerprint density at radius 1 is 1.10 bits per heavy atom. The summed E-state index contributed by atoms with van der Waals surface area (Å²) in [6.07, 6.45) is 3.84. The highest BCUT2D eigenvalue weighted by atomic mass is 16.6. The molecule has 0 unspecified atom stereocenters. The summed E-state index contributed by atoms with van der Waals surface area (Å²) in [5.41, 5.74) is 1.26. The Bertz CT molecular complexity index is 792. The first-order chi connectivity index (χ1) is 14.5. The molecule has 0 aliphatic carbocycles. The minimum atomic E-state index is -0.414. The van der Waals surface area contributed by atoms with Crippen LogP contribution in [0.15, 0.2) is 65.9 Å². The molecular weight excluding hydrogens is 398 g/mol. The predicted molar refractivity (Wildman–Crippen MR) is 110 cm³/mol. The molecule has 0 fully saturated rings. The number of carbonyl (C=O) groups excluding carboxylic acids is 1. The van der Waals surface area contributed by atoms with Crippen molar-refractivity contribution in [3.05, 3.63) is 75.7 Å². The van der Waals surface area contributed by atoms with Gasteiger partial charge in [0, 0.05) is 31.5 Å². The molecule has 0 spiro atoms. The summed E-state index contributed by atoms with van der Waals surface area (Å²) in [5, 5.41) is 23.1. The van der Waals surface area contributed by atoms with Gasteiger partial charge in [0.05, 0.1) is 11.5 Å². The van der Waals surface area contributed by atoms with Crippen LogP contribution in [-0.2, 0) is 14.3 Å². The quantitative estimate of drug-likeness (QED) is 0.204. The number of carbonyl (C=O) groups is 2. The van der Waals surface area contributed by atoms with Crippen molar-refractivity contribution in [1.82, 2.24) is 0 Å². The van der Waals surface area contributed by atoms with Crippen molar-refractivity contribution >= 4 is 30.0 Å². The molecule has 0 radical (unpaired) electrons. The van der Waals surface area contributed by atoms with E-state index in [4.69, 9.17) is 14.6 Å². The number of nitroso groups, excluding NO2 is 1. The van der Waals surface area contributed by atoms with Crippen molar-refractivity contribution < 1.29 is 29.1 Å². The monoisotopic (exact) mass is 419 g/mol. The highest BCUT2D eigenvalue weighted by Gasteiger charge is 2.02. The average Bonchev–Trinajstić information content (AvgIpc) is 2.76. The van der Waals surface area contributed by atoms with Gasteiger partial charge in [-0.25, -0.2) is 0 Å². The second-order valence-corrected chi connectivity index (χ2v) is 5.02. The average molecular weight is 419 g/mol. The Hall–Kier alpha value is -4.12. The van der Waals surface area contributed by atoms with Gasteiger partial charge in [0.2, 0.25) is 0 Å². The van der Waals surface area contributed by atoms with Crippen molar-refractivity contribution in [1.29, 1.82) is 0 Å². The summed E-state index contributed by atoms with van der Waals surface area (Å²) in [4.78, 5) is 38.1. The zero-order valence-corrected chi connectivity index (χ0v) is 16.0. The van der Waals surface area contributed by atoms with Crippen molar-refractivity contribution in [2.24, 2.45) is 5.18 Å². The van der Waals surface area contributed by atoms with Crippen LogP contribution >= 0.6 is 0 Å². The van der Waals surface area contributed by atoms with Gasteiger partial charge in [0.15, 0.2) is 0 Å². The lowest BCUT2D eigenvalue weighted by Gasteiger charge is -2.02. The van der Waals surface area contributed by atoms with E-state index in [9.17, 15) is 19.8 Å². The third-order valence-electron chi connectivity index (χ3n) is 3.06. The number of hydrogen-bond donors (Lipinski definition) is 2. The zero-order chi connectivity index (χ0) is 22.6. The summed E-state index contributed by atoms with van der Waals surface area (Å²) in [7, 11) is 1.63. The van der Waals surface area contributed by atoms with Crippen molar-refractivity contribution in [2.45, 2.75) is 0 Å². The molecule has 0 aliphatic heterocycles. The summed E-state index contributed by atoms with van der Waals surface area (Å²) >= 11 is 0. The number of nitrogens with one attached hydrogen (secondary N) is 1. The van der Waals surface area contributed by atoms with E-state index < -0.39 is 4.92 Å². The molecule has 2 aromatic carbocycles. The van der Waals surface area contributed by atoms with Crippen molar-refractivity contribution in [2.75, 3.05) is 25.6 Å². The van der Waals surface area contributed by atoms with E-state index >= 15 is 0 Å². The van der Waals surface area contributed by atoms with Gasteiger partial charge < -0.3 is 19.9 Å². The number of nitro benzene ring substituents is 1. The van der Waals surface area contributed by atoms with Crippen LogP contribution in [0.3, 0.4) is 0 Å². The number of carboxylic acid groups (broad SMARTS) is 1. The number of anilines is 1. The van der Waals surface area contributed by atoms with Crippen LogP contribution < -0.4 is 10.1 Å². The minimum absolute atomic E-state index is 0.0977. The fourth-order valence-electron chi connectivity index (χ4n) is 1.77. The van der Waals surface area contributed by atoms with Crippen LogP contribution in [0.2, 0.25) is 0 Å². The van der Waals surface area contributed by atoms with Gasteiger partial charge >= 0.3 is 0 Å². The Morgan fingerprint density at radius 3 is 2.17 bits per heavy atom. The fourth-order valence-corrected chi connectivity index (χ4v) is 1.77. The van der Waals surface area contributed by atoms with Crippen LogP contribution in [0.5, 0.6) is 5.75 Å². The van der Waals surface area contributed by atoms with E-state index in [2.05, 4.69) is 15.2 Å². The number of methoxy groups -OCH3 is 1. The first kappa shape index (κ1) is 25.9. The van der Waals surface area contributed by atoms with E-state index in [1.165, 1.54) is 36.4 Å². The Labute approximate surface area is 172 Å². The molecule has 160 valence electrons. The SMILES string of the molecule is COC/C=C/CNc1ccc([N+](=O)[O-])cc1.O=CO.O=COc1ccc(N=O)cc1. The molecule has 0 atom stereocenters. The highest BCUT2D eigenvalue weighted by Crippen LogP contribution is 2.17. The summed E-state index contributed by atoms with van der Waals surface area (Å²) < 4.78 is 9.33. The molecule has 11 nitrogen and oxygen atoms in total. The van der Waals surface area contributed by atoms with E-state index in [0.29, 0.717) is 31.1 Å². The number of non-ortho nitro benzene ring substituents is 1. The first-order valence-electron chi connectivity index (χ1n) is 8.26. The van der Waals surface area contributed by atoms with Crippen LogP contribution in [0.1, 0.15) is 0 Å². The Balaban J connectivity index is 0.000000521. The molecule has 0 heterocycles. The molecule has 11 heteroatoms. The Morgan fingerprint density at radius 2 is 1.70 bits per heavy atom. The van der Waals surface area contributed by atoms with Crippen LogP contribution in [0.25, 0.3) is 0 Å². The third-order valence-corrected chi connectivity index (χ3v) is 3.06. The normalized spacial score (nSPS) is 9.23. The number of nitro groups is 1. The van der Waals surface area contributed by atoms with Crippen LogP contribution in [0, 0.1) is 15.0 Å². The molecule has 30 heavy (non-hydrogen) atoms. The van der Waals surface area contributed by atoms with Gasteiger partial charge in [-0.1, -0.05) is 12.2 Å². The van der Waals surface area contributed by atoms with Crippen molar-refractivity contribution in [3.8, 4) is 5.75 Å². The van der Waals surface area contributed by atoms with Gasteiger partial charge in [-0.05, 0) is 41.6 Å². The largest absolute Gasteiger partial charge is 0.483 e. The summed E-state index contributed by atoms with van der Waals surface area (Å²) in [5.74, 6) is 0.396. The van der Waals surface area contributed by atoms with Gasteiger partial charge in [0.1, 0.15) is 11.4 Å². The molecule has 2 N–H and O–H groups in total. The van der Waals surface area contributed by atoms with Gasteiger partial charge in [0.25, 0.3) is 18.6 Å². The van der Waals surface area contributed by atoms with Gasteiger partial charge in [-0.3, -0.25) is 19.7 Å². The van der Waals surface area contributed by atoms with Crippen LogP contribution in [0.4, 0.5) is 17.1 Å². The molecule has 0 aliphatic rings. The van der Waals surface area contributed by atoms with E-state index in [1.807, 2.05) is 12.2 Å². The summed E-state index contributed by atoms with van der Waals surface area (Å²) in [6.45, 7) is 1.33. The van der Waals surface area contributed by atoms with E-state index in [0.717, 1.165) is 5.69 Å². The number of nitrogens with zero attached hydrogens (tertiary/aromatic N) is 2. The second-order valence-electron chi connectivity index (χ2n) is 5.02. The molecule has 0 bridgehead atoms. The first-order valence-corrected chi connectivity index (χ1v) is 8.26. The smallest absolute Gasteiger partial charge is 0.298 e. The summed E-state index contributed by atoms with van der Waals surface area (Å²) in [6, 6.07) is 12.2. The molecule has 2 aromatic rings. The maximum atomic E-state index is 10.4. The maximum Gasteiger partial charge on any atom is 0.298 e. The number of ether oxygens (including phenoxy) is 2. The fraction of sp³-hybridized carbons (Fsp3) is 0.158. The van der Waals surface area contributed by atoms with Gasteiger partial charge in [-0.15, -0.1) is 4.91 Å². The highest BCUT2D eigenvalue weighted by molar-refractivity contribution is 5.49. The second kappa shape index (κ2) is 17.0. The minimum Gasteiger partial charge on any atom is -0.483 e. The predicted octanol–water partition coefficient (Wildman–Crippen LogP) is 3.53. The topological polar surface area (TPSA) is 157 Å². The number of benzene rings is 2. The van der Waals surface area contributed by atoms with Crippen LogP contribution in [-0.4, -0.2) is 43.2 Å². The molecule has 0 saturated carbocycles. The standard InChI is InChI=1S/C11H14N2O3.C7H5NO3.CH2O2/c1-16-9-3-2-8-12-10-4-6-11(7-5-10)13(14)15;9-5-11-7-3-1-6(8-10)2-4-7;2-1-3/h2-7,12H,8-9H2,1H3;1-5H;1H,(H,2,3)/b3-2+;;. The van der Waals surface area contributed by atoms with Gasteiger partial charge in [-0.2, -0.15) is 0 Å². The lowest BCUT2D eigenvalue weighted by atomic mass is 10.3. The van der Waals surface area contributed by atoms with E-state index in [-0.39, 0.29) is 12.2 Å². The molecule has 2 rings (SSSR count). The molecule has 0 saturated heterocycles. The maximum absolute atomic E-state index is 10.4. The number of rotatable bonds is 9. The Kier molecular flexibility index (Phi) is 14.7. The zero-order valence-electron chi connectivity index (χ0n) is 16.0. The molecule has 0 amide bonds. The lowest BCUT2D eigenvalue weighted by molar-refractivity contribution is -0.384. The molecule has 0 aromatic heterocycles. The number of hydrogen-bond acceptors (Lipinski definition) is 9. The molecular formula is C19H21N3O8.